The first-order valence-corrected chi connectivity index (χ1v) is 5.63. The highest BCUT2D eigenvalue weighted by Crippen LogP contribution is 2.10. The van der Waals surface area contributed by atoms with Gasteiger partial charge < -0.3 is 4.74 Å². The molecule has 0 amide bonds. The molecule has 1 aliphatic rings. The molecule has 1 aliphatic heterocycles. The number of carbonyl (C=O) groups excluding carboxylic acids is 2. The van der Waals surface area contributed by atoms with Crippen molar-refractivity contribution in [3.8, 4) is 0 Å². The first-order valence-electron chi connectivity index (χ1n) is 5.63. The van der Waals surface area contributed by atoms with Gasteiger partial charge in [-0.05, 0) is 5.56 Å². The SMILES string of the molecule is CC(=O)C1=NC=CC(=O)C1OCc1ccccc1. The summed E-state index contributed by atoms with van der Waals surface area (Å²) < 4.78 is 5.50. The summed E-state index contributed by atoms with van der Waals surface area (Å²) >= 11 is 0. The minimum absolute atomic E-state index is 0.165. The number of ether oxygens (including phenoxy) is 1. The number of benzene rings is 1. The van der Waals surface area contributed by atoms with Gasteiger partial charge in [-0.25, -0.2) is 0 Å². The van der Waals surface area contributed by atoms with E-state index in [9.17, 15) is 9.59 Å². The van der Waals surface area contributed by atoms with Crippen molar-refractivity contribution in [2.45, 2.75) is 19.6 Å². The van der Waals surface area contributed by atoms with Gasteiger partial charge in [-0.3, -0.25) is 14.6 Å². The first-order chi connectivity index (χ1) is 8.68. The Hall–Kier alpha value is -2.07. The molecule has 0 radical (unpaired) electrons. The number of aliphatic imine (C=N–C) groups is 1. The highest BCUT2D eigenvalue weighted by Gasteiger charge is 2.28. The molecule has 0 aromatic heterocycles. The Morgan fingerprint density at radius 1 is 1.33 bits per heavy atom. The number of rotatable bonds is 4. The molecule has 0 fully saturated rings. The van der Waals surface area contributed by atoms with Crippen LogP contribution in [-0.4, -0.2) is 23.4 Å². The zero-order chi connectivity index (χ0) is 13.0. The Kier molecular flexibility index (Phi) is 3.79. The summed E-state index contributed by atoms with van der Waals surface area (Å²) in [5.41, 5.74) is 1.11. The molecule has 0 aliphatic carbocycles. The summed E-state index contributed by atoms with van der Waals surface area (Å²) in [5.74, 6) is -0.489. The van der Waals surface area contributed by atoms with E-state index < -0.39 is 6.10 Å². The van der Waals surface area contributed by atoms with Crippen molar-refractivity contribution in [3.05, 3.63) is 48.2 Å². The van der Waals surface area contributed by atoms with Crippen molar-refractivity contribution in [1.29, 1.82) is 0 Å². The Labute approximate surface area is 105 Å². The molecular formula is C14H13NO3. The monoisotopic (exact) mass is 243 g/mol. The number of carbonyl (C=O) groups is 2. The summed E-state index contributed by atoms with van der Waals surface area (Å²) in [5, 5.41) is 0. The topological polar surface area (TPSA) is 55.7 Å². The third-order valence-corrected chi connectivity index (χ3v) is 2.58. The Balaban J connectivity index is 2.08. The fraction of sp³-hybridized carbons (Fsp3) is 0.214. The van der Waals surface area contributed by atoms with Gasteiger partial charge in [0.05, 0.1) is 6.61 Å². The van der Waals surface area contributed by atoms with Crippen LogP contribution in [0.15, 0.2) is 47.6 Å². The lowest BCUT2D eigenvalue weighted by atomic mass is 10.0. The van der Waals surface area contributed by atoms with Crippen LogP contribution in [0.3, 0.4) is 0 Å². The summed E-state index contributed by atoms with van der Waals surface area (Å²) in [6.45, 7) is 1.65. The Bertz CT molecular complexity index is 517. The molecule has 1 aromatic carbocycles. The van der Waals surface area contributed by atoms with Crippen molar-refractivity contribution >= 4 is 17.3 Å². The first kappa shape index (κ1) is 12.4. The number of nitrogens with zero attached hydrogens (tertiary/aromatic N) is 1. The molecule has 1 heterocycles. The second-order valence-corrected chi connectivity index (χ2v) is 3.97. The zero-order valence-corrected chi connectivity index (χ0v) is 10.00. The standard InChI is InChI=1S/C14H13NO3/c1-10(16)13-14(12(17)7-8-15-13)18-9-11-5-3-2-4-6-11/h2-8,14H,9H2,1H3. The van der Waals surface area contributed by atoms with Crippen LogP contribution < -0.4 is 0 Å². The largest absolute Gasteiger partial charge is 0.359 e. The van der Waals surface area contributed by atoms with Crippen LogP contribution in [0.2, 0.25) is 0 Å². The van der Waals surface area contributed by atoms with Gasteiger partial charge in [0.15, 0.2) is 17.7 Å². The van der Waals surface area contributed by atoms with E-state index in [-0.39, 0.29) is 23.9 Å². The Morgan fingerprint density at radius 3 is 2.72 bits per heavy atom. The average molecular weight is 243 g/mol. The summed E-state index contributed by atoms with van der Waals surface area (Å²) in [4.78, 5) is 27.0. The van der Waals surface area contributed by atoms with Crippen LogP contribution in [0.25, 0.3) is 0 Å². The van der Waals surface area contributed by atoms with Crippen molar-refractivity contribution in [3.63, 3.8) is 0 Å². The van der Waals surface area contributed by atoms with E-state index >= 15 is 0 Å². The van der Waals surface area contributed by atoms with Gasteiger partial charge in [-0.2, -0.15) is 0 Å². The molecule has 0 saturated carbocycles. The van der Waals surface area contributed by atoms with E-state index in [1.165, 1.54) is 19.2 Å². The molecule has 92 valence electrons. The molecule has 1 aromatic rings. The molecule has 0 spiro atoms. The van der Waals surface area contributed by atoms with Crippen LogP contribution in [0, 0.1) is 0 Å². The van der Waals surface area contributed by atoms with Crippen molar-refractivity contribution in [2.75, 3.05) is 0 Å². The normalized spacial score (nSPS) is 18.6. The lowest BCUT2D eigenvalue weighted by Gasteiger charge is -2.17. The van der Waals surface area contributed by atoms with Gasteiger partial charge in [0.2, 0.25) is 0 Å². The Morgan fingerprint density at radius 2 is 2.06 bits per heavy atom. The molecule has 0 N–H and O–H groups in total. The van der Waals surface area contributed by atoms with Crippen LogP contribution in [-0.2, 0) is 20.9 Å². The zero-order valence-electron chi connectivity index (χ0n) is 10.00. The second-order valence-electron chi connectivity index (χ2n) is 3.97. The lowest BCUT2D eigenvalue weighted by molar-refractivity contribution is -0.124. The van der Waals surface area contributed by atoms with Gasteiger partial charge in [0, 0.05) is 19.2 Å². The minimum Gasteiger partial charge on any atom is -0.359 e. The lowest BCUT2D eigenvalue weighted by Crippen LogP contribution is -2.37. The molecule has 0 saturated heterocycles. The predicted octanol–water partition coefficient (Wildman–Crippen LogP) is 1.70. The molecule has 2 rings (SSSR count). The van der Waals surface area contributed by atoms with Crippen LogP contribution >= 0.6 is 0 Å². The van der Waals surface area contributed by atoms with Crippen molar-refractivity contribution < 1.29 is 14.3 Å². The fourth-order valence-electron chi connectivity index (χ4n) is 1.67. The van der Waals surface area contributed by atoms with Gasteiger partial charge in [0.25, 0.3) is 0 Å². The third kappa shape index (κ3) is 2.78. The van der Waals surface area contributed by atoms with E-state index in [1.54, 1.807) is 0 Å². The quantitative estimate of drug-likeness (QED) is 0.808. The summed E-state index contributed by atoms with van der Waals surface area (Å²) in [6, 6.07) is 9.48. The van der Waals surface area contributed by atoms with E-state index in [0.717, 1.165) is 5.56 Å². The summed E-state index contributed by atoms with van der Waals surface area (Å²) in [6.07, 6.45) is 1.77. The maximum absolute atomic E-state index is 11.7. The molecule has 18 heavy (non-hydrogen) atoms. The van der Waals surface area contributed by atoms with Gasteiger partial charge >= 0.3 is 0 Å². The molecule has 1 unspecified atom stereocenters. The van der Waals surface area contributed by atoms with Crippen LogP contribution in [0.5, 0.6) is 0 Å². The van der Waals surface area contributed by atoms with Gasteiger partial charge in [0.1, 0.15) is 5.71 Å². The third-order valence-electron chi connectivity index (χ3n) is 2.58. The second kappa shape index (κ2) is 5.51. The van der Waals surface area contributed by atoms with Gasteiger partial charge in [-0.15, -0.1) is 0 Å². The predicted molar refractivity (Wildman–Crippen MR) is 67.3 cm³/mol. The fourth-order valence-corrected chi connectivity index (χ4v) is 1.67. The number of ketones is 2. The molecule has 4 nitrogen and oxygen atoms in total. The van der Waals surface area contributed by atoms with Gasteiger partial charge in [-0.1, -0.05) is 30.3 Å². The minimum atomic E-state index is -0.882. The number of hydrogen-bond donors (Lipinski definition) is 0. The molecular weight excluding hydrogens is 230 g/mol. The smallest absolute Gasteiger partial charge is 0.192 e. The maximum atomic E-state index is 11.7. The molecule has 0 bridgehead atoms. The van der Waals surface area contributed by atoms with Crippen molar-refractivity contribution in [2.24, 2.45) is 4.99 Å². The molecule has 4 heteroatoms. The van der Waals surface area contributed by atoms with E-state index in [1.807, 2.05) is 30.3 Å². The average Bonchev–Trinajstić information content (AvgIpc) is 2.38. The van der Waals surface area contributed by atoms with E-state index in [0.29, 0.717) is 0 Å². The maximum Gasteiger partial charge on any atom is 0.192 e. The van der Waals surface area contributed by atoms with E-state index in [2.05, 4.69) is 4.99 Å². The highest BCUT2D eigenvalue weighted by atomic mass is 16.5. The number of Topliss-reactive ketones (excluding diaryl/α,β-unsaturated/α-hetero) is 1. The molecule has 1 atom stereocenters. The highest BCUT2D eigenvalue weighted by molar-refractivity contribution is 6.45. The summed E-state index contributed by atoms with van der Waals surface area (Å²) in [7, 11) is 0. The van der Waals surface area contributed by atoms with Crippen molar-refractivity contribution in [1.82, 2.24) is 0 Å². The van der Waals surface area contributed by atoms with Crippen LogP contribution in [0.4, 0.5) is 0 Å². The van der Waals surface area contributed by atoms with E-state index in [4.69, 9.17) is 4.74 Å². The number of hydrogen-bond acceptors (Lipinski definition) is 4. The van der Waals surface area contributed by atoms with Crippen LogP contribution in [0.1, 0.15) is 12.5 Å².